The third-order valence-corrected chi connectivity index (χ3v) is 7.53. The second-order valence-electron chi connectivity index (χ2n) is 11.4. The maximum atomic E-state index is 12.1. The molecule has 0 rings (SSSR count). The fraction of sp³-hybridized carbons (Fsp3) is 0.897. The summed E-state index contributed by atoms with van der Waals surface area (Å²) in [7, 11) is 1.25. The highest BCUT2D eigenvalue weighted by Gasteiger charge is 2.22. The average molecular weight is 563 g/mol. The number of phosphoric acid groups is 1. The Kier molecular flexibility index (Phi) is 22.5. The van der Waals surface area contributed by atoms with E-state index in [0.29, 0.717) is 11.0 Å². The summed E-state index contributed by atoms with van der Waals surface area (Å²) in [6, 6.07) is -0.876. The van der Waals surface area contributed by atoms with Gasteiger partial charge in [-0.05, 0) is 12.8 Å². The number of nitrogens with zero attached hydrogens (tertiary/aromatic N) is 1. The van der Waals surface area contributed by atoms with Crippen LogP contribution in [-0.2, 0) is 18.4 Å². The predicted molar refractivity (Wildman–Crippen MR) is 155 cm³/mol. The van der Waals surface area contributed by atoms with E-state index in [4.69, 9.17) is 9.05 Å². The molecule has 0 heterocycles. The van der Waals surface area contributed by atoms with Crippen molar-refractivity contribution in [1.82, 2.24) is 5.32 Å². The highest BCUT2D eigenvalue weighted by atomic mass is 31.2. The Morgan fingerprint density at radius 1 is 0.895 bits per heavy atom. The summed E-state index contributed by atoms with van der Waals surface area (Å²) in [5.41, 5.74) is 0. The number of allylic oxidation sites excluding steroid dienone is 1. The number of hydrogen-bond donors (Lipinski definition) is 2. The molecule has 0 radical (unpaired) electrons. The van der Waals surface area contributed by atoms with Gasteiger partial charge in [-0.15, -0.1) is 0 Å². The van der Waals surface area contributed by atoms with Crippen molar-refractivity contribution in [2.45, 2.75) is 129 Å². The van der Waals surface area contributed by atoms with Gasteiger partial charge in [0.15, 0.2) is 0 Å². The molecule has 0 bridgehead atoms. The molecule has 9 heteroatoms. The summed E-state index contributed by atoms with van der Waals surface area (Å²) in [6.07, 6.45) is 21.9. The van der Waals surface area contributed by atoms with E-state index in [9.17, 15) is 19.4 Å². The molecule has 8 nitrogen and oxygen atoms in total. The van der Waals surface area contributed by atoms with Gasteiger partial charge in [0.2, 0.25) is 5.91 Å². The number of nitrogens with one attached hydrogen (secondary N) is 1. The van der Waals surface area contributed by atoms with E-state index in [1.807, 2.05) is 27.2 Å². The molecule has 3 atom stereocenters. The fourth-order valence-corrected chi connectivity index (χ4v) is 4.72. The molecule has 38 heavy (non-hydrogen) atoms. The lowest BCUT2D eigenvalue weighted by Gasteiger charge is -2.29. The van der Waals surface area contributed by atoms with Crippen LogP contribution in [0.2, 0.25) is 0 Å². The van der Waals surface area contributed by atoms with Crippen molar-refractivity contribution < 1.29 is 32.9 Å². The fourth-order valence-electron chi connectivity index (χ4n) is 4.00. The van der Waals surface area contributed by atoms with Gasteiger partial charge < -0.3 is 28.8 Å². The standard InChI is InChI=1S/C29H59N2O6P/c1-6-8-9-10-11-12-13-14-15-16-17-18-19-20-21-22-23-28(32)27(30-29(33)7-2)26-37-38(34,35)36-25-24-31(3,4)5/h22-23,27-28,32H,6-21,24-26H2,1-5H3,(H-,30,33,34,35)/b23-22+. The first-order valence-electron chi connectivity index (χ1n) is 15.1. The normalized spacial score (nSPS) is 15.4. The van der Waals surface area contributed by atoms with E-state index < -0.39 is 20.0 Å². The molecule has 1 amide bonds. The van der Waals surface area contributed by atoms with Crippen LogP contribution in [0.3, 0.4) is 0 Å². The van der Waals surface area contributed by atoms with Gasteiger partial charge in [0, 0.05) is 6.42 Å². The Balaban J connectivity index is 4.12. The summed E-state index contributed by atoms with van der Waals surface area (Å²) < 4.78 is 22.5. The van der Waals surface area contributed by atoms with E-state index in [2.05, 4.69) is 12.2 Å². The zero-order chi connectivity index (χ0) is 28.7. The largest absolute Gasteiger partial charge is 0.756 e. The van der Waals surface area contributed by atoms with Gasteiger partial charge >= 0.3 is 0 Å². The molecular formula is C29H59N2O6P. The van der Waals surface area contributed by atoms with Crippen molar-refractivity contribution in [3.63, 3.8) is 0 Å². The van der Waals surface area contributed by atoms with Crippen LogP contribution in [0.5, 0.6) is 0 Å². The number of hydrogen-bond acceptors (Lipinski definition) is 6. The van der Waals surface area contributed by atoms with Crippen molar-refractivity contribution in [3.05, 3.63) is 12.2 Å². The summed E-state index contributed by atoms with van der Waals surface area (Å²) in [5.74, 6) is -0.287. The number of amides is 1. The van der Waals surface area contributed by atoms with Crippen LogP contribution in [0, 0.1) is 0 Å². The predicted octanol–water partition coefficient (Wildman–Crippen LogP) is 5.88. The molecule has 3 unspecified atom stereocenters. The van der Waals surface area contributed by atoms with E-state index in [1.54, 1.807) is 13.0 Å². The number of unbranched alkanes of at least 4 members (excludes halogenated alkanes) is 14. The van der Waals surface area contributed by atoms with Crippen LogP contribution in [0.1, 0.15) is 117 Å². The number of likely N-dealkylation sites (N-methyl/N-ethyl adjacent to an activating group) is 1. The van der Waals surface area contributed by atoms with Crippen molar-refractivity contribution in [2.24, 2.45) is 0 Å². The summed E-state index contributed by atoms with van der Waals surface area (Å²) in [4.78, 5) is 24.0. The minimum absolute atomic E-state index is 0.00207. The molecule has 0 spiro atoms. The molecule has 226 valence electrons. The summed E-state index contributed by atoms with van der Waals surface area (Å²) in [5, 5.41) is 13.2. The molecule has 0 aromatic heterocycles. The molecule has 0 saturated heterocycles. The lowest BCUT2D eigenvalue weighted by atomic mass is 10.0. The van der Waals surface area contributed by atoms with Crippen molar-refractivity contribution >= 4 is 13.7 Å². The number of phosphoric ester groups is 1. The van der Waals surface area contributed by atoms with Crippen LogP contribution in [0.4, 0.5) is 0 Å². The third-order valence-electron chi connectivity index (χ3n) is 6.56. The molecule has 0 aliphatic heterocycles. The van der Waals surface area contributed by atoms with Gasteiger partial charge in [0.05, 0.1) is 39.9 Å². The van der Waals surface area contributed by atoms with Crippen molar-refractivity contribution in [1.29, 1.82) is 0 Å². The first-order valence-corrected chi connectivity index (χ1v) is 16.5. The Labute approximate surface area is 233 Å². The topological polar surface area (TPSA) is 108 Å². The van der Waals surface area contributed by atoms with Gasteiger partial charge in [-0.25, -0.2) is 0 Å². The van der Waals surface area contributed by atoms with E-state index in [1.165, 1.54) is 77.0 Å². The van der Waals surface area contributed by atoms with E-state index in [-0.39, 0.29) is 25.5 Å². The van der Waals surface area contributed by atoms with Crippen LogP contribution in [0.25, 0.3) is 0 Å². The van der Waals surface area contributed by atoms with E-state index >= 15 is 0 Å². The molecule has 2 N–H and O–H groups in total. The zero-order valence-electron chi connectivity index (χ0n) is 25.1. The summed E-state index contributed by atoms with van der Waals surface area (Å²) >= 11 is 0. The zero-order valence-corrected chi connectivity index (χ0v) is 26.0. The Hall–Kier alpha value is -0.760. The number of rotatable bonds is 26. The number of carbonyl (C=O) groups excluding carboxylic acids is 1. The highest BCUT2D eigenvalue weighted by Crippen LogP contribution is 2.38. The maximum absolute atomic E-state index is 12.1. The lowest BCUT2D eigenvalue weighted by Crippen LogP contribution is -2.45. The quantitative estimate of drug-likeness (QED) is 0.0590. The highest BCUT2D eigenvalue weighted by molar-refractivity contribution is 7.45. The van der Waals surface area contributed by atoms with Crippen LogP contribution < -0.4 is 10.2 Å². The second-order valence-corrected chi connectivity index (χ2v) is 12.8. The molecule has 0 saturated carbocycles. The molecule has 0 aromatic carbocycles. The minimum atomic E-state index is -4.53. The van der Waals surface area contributed by atoms with Gasteiger partial charge in [0.25, 0.3) is 7.82 Å². The third kappa shape index (κ3) is 24.3. The SMILES string of the molecule is CCCCCCCCCCCCCCCC/C=C/C(O)C(COP(=O)([O-])OCC[N+](C)(C)C)NC(=O)CC. The van der Waals surface area contributed by atoms with Crippen LogP contribution >= 0.6 is 7.82 Å². The Bertz CT molecular complexity index is 653. The van der Waals surface area contributed by atoms with Crippen LogP contribution in [0.15, 0.2) is 12.2 Å². The number of carbonyl (C=O) groups is 1. The van der Waals surface area contributed by atoms with Gasteiger partial charge in [0.1, 0.15) is 13.2 Å². The van der Waals surface area contributed by atoms with Crippen molar-refractivity contribution in [2.75, 3.05) is 40.9 Å². The van der Waals surface area contributed by atoms with E-state index in [0.717, 1.165) is 19.3 Å². The average Bonchev–Trinajstić information content (AvgIpc) is 2.85. The monoisotopic (exact) mass is 562 g/mol. The number of quaternary nitrogens is 1. The lowest BCUT2D eigenvalue weighted by molar-refractivity contribution is -0.870. The molecular weight excluding hydrogens is 503 g/mol. The first-order chi connectivity index (χ1) is 18.0. The molecule has 0 aromatic rings. The first kappa shape index (κ1) is 37.2. The summed E-state index contributed by atoms with van der Waals surface area (Å²) in [6.45, 7) is 4.06. The van der Waals surface area contributed by atoms with Crippen molar-refractivity contribution in [3.8, 4) is 0 Å². The van der Waals surface area contributed by atoms with Gasteiger partial charge in [-0.3, -0.25) is 9.36 Å². The Morgan fingerprint density at radius 2 is 1.39 bits per heavy atom. The second kappa shape index (κ2) is 23.0. The minimum Gasteiger partial charge on any atom is -0.756 e. The van der Waals surface area contributed by atoms with Gasteiger partial charge in [-0.1, -0.05) is 109 Å². The number of aliphatic hydroxyl groups excluding tert-OH is 1. The molecule has 0 aliphatic rings. The van der Waals surface area contributed by atoms with Crippen LogP contribution in [-0.4, -0.2) is 68.5 Å². The molecule has 0 aliphatic carbocycles. The van der Waals surface area contributed by atoms with Gasteiger partial charge in [-0.2, -0.15) is 0 Å². The smallest absolute Gasteiger partial charge is 0.268 e. The Morgan fingerprint density at radius 3 is 1.87 bits per heavy atom. The molecule has 0 fully saturated rings. The maximum Gasteiger partial charge on any atom is 0.268 e. The number of aliphatic hydroxyl groups is 1.